The summed E-state index contributed by atoms with van der Waals surface area (Å²) in [4.78, 5) is 4.49. The van der Waals surface area contributed by atoms with E-state index in [9.17, 15) is 0 Å². The van der Waals surface area contributed by atoms with Crippen LogP contribution in [0.15, 0.2) is 58.2 Å². The van der Waals surface area contributed by atoms with Crippen LogP contribution < -0.4 is 4.74 Å². The Kier molecular flexibility index (Phi) is 6.36. The van der Waals surface area contributed by atoms with Gasteiger partial charge in [0, 0.05) is 17.7 Å². The van der Waals surface area contributed by atoms with Crippen molar-refractivity contribution in [3.63, 3.8) is 0 Å². The van der Waals surface area contributed by atoms with Crippen molar-refractivity contribution in [2.24, 2.45) is 5.92 Å². The van der Waals surface area contributed by atoms with Crippen LogP contribution in [0.2, 0.25) is 0 Å². The number of aryl methyl sites for hydroxylation is 1. The van der Waals surface area contributed by atoms with Gasteiger partial charge in [-0.05, 0) is 49.2 Å². The topological polar surface area (TPSA) is 78.9 Å². The molecule has 2 heterocycles. The third kappa shape index (κ3) is 4.96. The van der Waals surface area contributed by atoms with Gasteiger partial charge in [0.1, 0.15) is 5.75 Å². The molecule has 2 aromatic heterocycles. The molecule has 0 saturated heterocycles. The largest absolute Gasteiger partial charge is 0.497 e. The van der Waals surface area contributed by atoms with Gasteiger partial charge < -0.3 is 9.26 Å². The first-order valence-electron chi connectivity index (χ1n) is 10.1. The molecule has 7 nitrogen and oxygen atoms in total. The Morgan fingerprint density at radius 2 is 1.77 bits per heavy atom. The molecule has 4 aromatic rings. The van der Waals surface area contributed by atoms with Crippen LogP contribution in [0.4, 0.5) is 0 Å². The molecule has 0 aliphatic carbocycles. The number of aromatic nitrogens is 5. The lowest BCUT2D eigenvalue weighted by atomic mass is 10.1. The maximum atomic E-state index is 5.36. The van der Waals surface area contributed by atoms with Crippen LogP contribution in [0.5, 0.6) is 5.75 Å². The highest BCUT2D eigenvalue weighted by Crippen LogP contribution is 2.30. The van der Waals surface area contributed by atoms with E-state index < -0.39 is 0 Å². The van der Waals surface area contributed by atoms with E-state index in [4.69, 9.17) is 9.26 Å². The van der Waals surface area contributed by atoms with Crippen LogP contribution in [0.25, 0.3) is 17.1 Å². The summed E-state index contributed by atoms with van der Waals surface area (Å²) in [5.41, 5.74) is 3.15. The summed E-state index contributed by atoms with van der Waals surface area (Å²) in [7, 11) is 1.66. The highest BCUT2D eigenvalue weighted by Gasteiger charge is 2.18. The Hall–Kier alpha value is -3.13. The zero-order valence-corrected chi connectivity index (χ0v) is 18.9. The number of ether oxygens (including phenoxy) is 1. The molecule has 160 valence electrons. The van der Waals surface area contributed by atoms with Gasteiger partial charge in [-0.25, -0.2) is 0 Å². The fraction of sp³-hybridized carbons (Fsp3) is 0.304. The molecule has 0 amide bonds. The van der Waals surface area contributed by atoms with Gasteiger partial charge in [0.05, 0.1) is 12.9 Å². The molecule has 0 unspecified atom stereocenters. The SMILES string of the molecule is COc1ccc(-c2nnc(SCc3noc(CC(C)C)n3)n2-c2ccc(C)cc2)cc1. The summed E-state index contributed by atoms with van der Waals surface area (Å²) in [5.74, 6) is 3.91. The lowest BCUT2D eigenvalue weighted by Gasteiger charge is -2.11. The van der Waals surface area contributed by atoms with Crippen molar-refractivity contribution in [2.45, 2.75) is 38.1 Å². The van der Waals surface area contributed by atoms with Crippen molar-refractivity contribution < 1.29 is 9.26 Å². The molecule has 0 saturated carbocycles. The molecule has 0 N–H and O–H groups in total. The monoisotopic (exact) mass is 435 g/mol. The van der Waals surface area contributed by atoms with Gasteiger partial charge in [-0.2, -0.15) is 4.98 Å². The fourth-order valence-corrected chi connectivity index (χ4v) is 3.92. The Morgan fingerprint density at radius 1 is 1.03 bits per heavy atom. The standard InChI is InChI=1S/C23H25N5O2S/c1-15(2)13-21-24-20(27-30-21)14-31-23-26-25-22(17-7-11-19(29-4)12-8-17)28(23)18-9-5-16(3)6-10-18/h5-12,15H,13-14H2,1-4H3. The number of benzene rings is 2. The first kappa shape index (κ1) is 21.1. The second kappa shape index (κ2) is 9.34. The summed E-state index contributed by atoms with van der Waals surface area (Å²) in [6.07, 6.45) is 0.777. The van der Waals surface area contributed by atoms with E-state index in [1.165, 1.54) is 17.3 Å². The second-order valence-corrected chi connectivity index (χ2v) is 8.64. The first-order valence-corrected chi connectivity index (χ1v) is 11.1. The maximum absolute atomic E-state index is 5.36. The van der Waals surface area contributed by atoms with Gasteiger partial charge in [0.2, 0.25) is 5.89 Å². The predicted molar refractivity (Wildman–Crippen MR) is 120 cm³/mol. The van der Waals surface area contributed by atoms with Crippen molar-refractivity contribution in [1.29, 1.82) is 0 Å². The van der Waals surface area contributed by atoms with Crippen molar-refractivity contribution in [2.75, 3.05) is 7.11 Å². The van der Waals surface area contributed by atoms with Crippen LogP contribution in [0.3, 0.4) is 0 Å². The first-order chi connectivity index (χ1) is 15.0. The highest BCUT2D eigenvalue weighted by molar-refractivity contribution is 7.98. The third-order valence-corrected chi connectivity index (χ3v) is 5.62. The van der Waals surface area contributed by atoms with Crippen molar-refractivity contribution in [1.82, 2.24) is 24.9 Å². The van der Waals surface area contributed by atoms with Gasteiger partial charge in [0.25, 0.3) is 0 Å². The van der Waals surface area contributed by atoms with Crippen molar-refractivity contribution in [3.05, 3.63) is 65.8 Å². The van der Waals surface area contributed by atoms with E-state index in [1.807, 2.05) is 24.3 Å². The molecular weight excluding hydrogens is 410 g/mol. The average Bonchev–Trinajstić information content (AvgIpc) is 3.39. The van der Waals surface area contributed by atoms with Crippen LogP contribution in [0, 0.1) is 12.8 Å². The zero-order valence-electron chi connectivity index (χ0n) is 18.1. The number of hydrogen-bond donors (Lipinski definition) is 0. The number of nitrogens with zero attached hydrogens (tertiary/aromatic N) is 5. The molecule has 0 aliphatic heterocycles. The quantitative estimate of drug-likeness (QED) is 0.355. The molecule has 0 atom stereocenters. The van der Waals surface area contributed by atoms with E-state index in [0.29, 0.717) is 23.4 Å². The highest BCUT2D eigenvalue weighted by atomic mass is 32.2. The molecule has 0 bridgehead atoms. The summed E-state index contributed by atoms with van der Waals surface area (Å²) in [6, 6.07) is 16.1. The van der Waals surface area contributed by atoms with Crippen molar-refractivity contribution in [3.8, 4) is 22.8 Å². The van der Waals surface area contributed by atoms with E-state index in [2.05, 4.69) is 69.9 Å². The molecule has 0 aliphatic rings. The molecule has 2 aromatic carbocycles. The van der Waals surface area contributed by atoms with E-state index >= 15 is 0 Å². The molecule has 0 radical (unpaired) electrons. The van der Waals surface area contributed by atoms with Crippen LogP contribution in [-0.4, -0.2) is 32.0 Å². The van der Waals surface area contributed by atoms with E-state index in [1.54, 1.807) is 7.11 Å². The Morgan fingerprint density at radius 3 is 2.45 bits per heavy atom. The smallest absolute Gasteiger partial charge is 0.226 e. The lowest BCUT2D eigenvalue weighted by Crippen LogP contribution is -2.00. The minimum atomic E-state index is 0.470. The molecule has 31 heavy (non-hydrogen) atoms. The normalized spacial score (nSPS) is 11.3. The predicted octanol–water partition coefficient (Wildman–Crippen LogP) is 5.13. The summed E-state index contributed by atoms with van der Waals surface area (Å²) < 4.78 is 12.7. The fourth-order valence-electron chi connectivity index (χ4n) is 3.13. The zero-order chi connectivity index (χ0) is 21.8. The minimum Gasteiger partial charge on any atom is -0.497 e. The number of hydrogen-bond acceptors (Lipinski definition) is 7. The Balaban J connectivity index is 1.64. The second-order valence-electron chi connectivity index (χ2n) is 7.70. The van der Waals surface area contributed by atoms with Gasteiger partial charge in [-0.3, -0.25) is 4.57 Å². The number of rotatable bonds is 8. The molecule has 8 heteroatoms. The maximum Gasteiger partial charge on any atom is 0.226 e. The van der Waals surface area contributed by atoms with Gasteiger partial charge in [-0.1, -0.05) is 48.5 Å². The van der Waals surface area contributed by atoms with Crippen LogP contribution in [0.1, 0.15) is 31.1 Å². The number of methoxy groups -OCH3 is 1. The van der Waals surface area contributed by atoms with E-state index in [0.717, 1.165) is 34.4 Å². The van der Waals surface area contributed by atoms with Crippen LogP contribution in [-0.2, 0) is 12.2 Å². The molecular formula is C23H25N5O2S. The molecule has 0 fully saturated rings. The number of thioether (sulfide) groups is 1. The Labute approximate surface area is 185 Å². The summed E-state index contributed by atoms with van der Waals surface area (Å²) >= 11 is 1.53. The summed E-state index contributed by atoms with van der Waals surface area (Å²) in [6.45, 7) is 6.33. The van der Waals surface area contributed by atoms with Gasteiger partial charge in [-0.15, -0.1) is 10.2 Å². The summed E-state index contributed by atoms with van der Waals surface area (Å²) in [5, 5.41) is 13.8. The lowest BCUT2D eigenvalue weighted by molar-refractivity contribution is 0.360. The molecule has 0 spiro atoms. The average molecular weight is 436 g/mol. The van der Waals surface area contributed by atoms with Crippen LogP contribution >= 0.6 is 11.8 Å². The Bertz CT molecular complexity index is 1130. The van der Waals surface area contributed by atoms with Gasteiger partial charge >= 0.3 is 0 Å². The van der Waals surface area contributed by atoms with E-state index in [-0.39, 0.29) is 0 Å². The third-order valence-electron chi connectivity index (χ3n) is 4.70. The minimum absolute atomic E-state index is 0.470. The molecule has 4 rings (SSSR count). The van der Waals surface area contributed by atoms with Gasteiger partial charge in [0.15, 0.2) is 16.8 Å². The van der Waals surface area contributed by atoms with Crippen molar-refractivity contribution >= 4 is 11.8 Å².